The zero-order chi connectivity index (χ0) is 6.62. The molecule has 0 heterocycles. The Morgan fingerprint density at radius 3 is 1.25 bits per heavy atom. The molecule has 0 radical (unpaired) electrons. The van der Waals surface area contributed by atoms with Crippen molar-refractivity contribution in [1.29, 1.82) is 0 Å². The topological polar surface area (TPSA) is 44.8 Å². The molecule has 0 aliphatic rings. The molecule has 0 aliphatic carbocycles. The smallest absolute Gasteiger partial charge is 0.270 e. The van der Waals surface area contributed by atoms with E-state index in [1.54, 1.807) is 28.4 Å². The Morgan fingerprint density at radius 1 is 1.00 bits per heavy atom. The summed E-state index contributed by atoms with van der Waals surface area (Å²) in [7, 11) is 2.05. The van der Waals surface area contributed by atoms with E-state index in [1.165, 1.54) is 0 Å². The molecule has 0 bridgehead atoms. The van der Waals surface area contributed by atoms with Crippen molar-refractivity contribution in [2.45, 2.75) is 0 Å². The highest BCUT2D eigenvalue weighted by Crippen LogP contribution is 2.54. The summed E-state index contributed by atoms with van der Waals surface area (Å²) in [6.45, 7) is 0. The van der Waals surface area contributed by atoms with E-state index in [9.17, 15) is 4.57 Å². The quantitative estimate of drug-likeness (QED) is 0.638. The molecule has 0 saturated heterocycles. The van der Waals surface area contributed by atoms with Crippen LogP contribution < -0.4 is 0 Å². The van der Waals surface area contributed by atoms with E-state index < -0.39 is 7.82 Å². The zero-order valence-corrected chi connectivity index (χ0v) is 8.17. The van der Waals surface area contributed by atoms with Crippen molar-refractivity contribution in [3.63, 3.8) is 0 Å². The van der Waals surface area contributed by atoms with Crippen LogP contribution in [0, 0.1) is 0 Å². The molecule has 0 aromatic carbocycles. The summed E-state index contributed by atoms with van der Waals surface area (Å²) in [4.78, 5) is 0. The van der Waals surface area contributed by atoms with E-state index in [0.717, 1.165) is 0 Å². The van der Waals surface area contributed by atoms with Gasteiger partial charge in [-0.1, -0.05) is 0 Å². The second-order valence-corrected chi connectivity index (χ2v) is 4.19. The van der Waals surface area contributed by atoms with Gasteiger partial charge in [-0.05, 0) is 0 Å². The molecule has 0 saturated carbocycles. The number of hydrogen-bond donors (Lipinski definition) is 0. The third-order valence-electron chi connectivity index (χ3n) is 0.387. The maximum Gasteiger partial charge on any atom is 0.482 e. The van der Waals surface area contributed by atoms with E-state index in [1.807, 2.05) is 0 Å². The highest BCUT2D eigenvalue weighted by atomic mass is 31.3. The second-order valence-electron chi connectivity index (χ2n) is 0.763. The van der Waals surface area contributed by atoms with E-state index in [0.29, 0.717) is 0 Å². The van der Waals surface area contributed by atoms with Crippen LogP contribution in [0.4, 0.5) is 0 Å². The molecule has 8 heteroatoms. The first-order chi connectivity index (χ1) is 3.68. The lowest BCUT2D eigenvalue weighted by atomic mass is 15.7. The summed E-state index contributed by atoms with van der Waals surface area (Å²) in [5.74, 6) is 0. The van der Waals surface area contributed by atoms with Gasteiger partial charge in [0.05, 0.1) is 0 Å². The lowest BCUT2D eigenvalue weighted by molar-refractivity contribution is 0.348. The molecule has 4 nitrogen and oxygen atoms in total. The monoisotopic (exact) mass is 194 g/mol. The third kappa shape index (κ3) is 2.80. The van der Waals surface area contributed by atoms with Crippen LogP contribution in [0.1, 0.15) is 0 Å². The Kier molecular flexibility index (Phi) is 5.00. The first-order valence-electron chi connectivity index (χ1n) is 1.44. The second kappa shape index (κ2) is 4.25. The first kappa shape index (κ1) is 9.40. The normalized spacial score (nSPS) is 11.9. The van der Waals surface area contributed by atoms with Crippen molar-refractivity contribution in [3.05, 3.63) is 0 Å². The molecular formula is H6O4P4. The number of phosphoric acid groups is 1. The van der Waals surface area contributed by atoms with E-state index in [4.69, 9.17) is 0 Å². The summed E-state index contributed by atoms with van der Waals surface area (Å²) >= 11 is 0. The van der Waals surface area contributed by atoms with Crippen LogP contribution in [0.5, 0.6) is 0 Å². The summed E-state index contributed by atoms with van der Waals surface area (Å²) in [5, 5.41) is 0. The highest BCUT2D eigenvalue weighted by molar-refractivity contribution is 7.59. The standard InChI is InChI=1S/H6O4P4/c1-8(2-5,3-6)4-7/h5-7H2. The maximum atomic E-state index is 10.6. The van der Waals surface area contributed by atoms with E-state index in [-0.39, 0.29) is 0 Å². The molecule has 0 spiro atoms. The van der Waals surface area contributed by atoms with Gasteiger partial charge in [0.2, 0.25) is 0 Å². The Labute approximate surface area is 54.5 Å². The van der Waals surface area contributed by atoms with Gasteiger partial charge >= 0.3 is 7.82 Å². The fourth-order valence-electron chi connectivity index (χ4n) is 0.0745. The Bertz CT molecular complexity index is 79.2. The summed E-state index contributed by atoms with van der Waals surface area (Å²) < 4.78 is 23.3. The van der Waals surface area contributed by atoms with Crippen LogP contribution in [0.3, 0.4) is 0 Å². The minimum atomic E-state index is -3.27. The van der Waals surface area contributed by atoms with Crippen molar-refractivity contribution >= 4 is 36.2 Å². The van der Waals surface area contributed by atoms with Gasteiger partial charge < -0.3 is 0 Å². The average Bonchev–Trinajstić information content (AvgIpc) is 1.87. The van der Waals surface area contributed by atoms with Crippen LogP contribution in [-0.4, -0.2) is 0 Å². The largest absolute Gasteiger partial charge is 0.482 e. The molecule has 0 aromatic rings. The lowest BCUT2D eigenvalue weighted by Crippen LogP contribution is -1.75. The van der Waals surface area contributed by atoms with Crippen LogP contribution in [0.25, 0.3) is 0 Å². The Morgan fingerprint density at radius 2 is 1.25 bits per heavy atom. The molecule has 8 heavy (non-hydrogen) atoms. The van der Waals surface area contributed by atoms with Crippen molar-refractivity contribution in [1.82, 2.24) is 0 Å². The zero-order valence-electron chi connectivity index (χ0n) is 3.81. The number of rotatable bonds is 3. The van der Waals surface area contributed by atoms with E-state index >= 15 is 0 Å². The van der Waals surface area contributed by atoms with Crippen LogP contribution in [0.2, 0.25) is 0 Å². The fourth-order valence-corrected chi connectivity index (χ4v) is 2.01. The highest BCUT2D eigenvalue weighted by Gasteiger charge is 2.19. The SMILES string of the molecule is O=P(OP)(OP)OP. The van der Waals surface area contributed by atoms with Gasteiger partial charge in [0.25, 0.3) is 0 Å². The molecule has 3 unspecified atom stereocenters. The predicted molar refractivity (Wildman–Crippen MR) is 40.0 cm³/mol. The lowest BCUT2D eigenvalue weighted by Gasteiger charge is -2.07. The van der Waals surface area contributed by atoms with Gasteiger partial charge in [0, 0.05) is 28.4 Å². The third-order valence-corrected chi connectivity index (χ3v) is 3.49. The summed E-state index contributed by atoms with van der Waals surface area (Å²) in [6, 6.07) is 0. The van der Waals surface area contributed by atoms with Crippen molar-refractivity contribution in [2.24, 2.45) is 0 Å². The van der Waals surface area contributed by atoms with Gasteiger partial charge in [-0.2, -0.15) is 0 Å². The summed E-state index contributed by atoms with van der Waals surface area (Å²) in [6.07, 6.45) is 0. The molecule has 0 rings (SSSR count). The fraction of sp³-hybridized carbons (Fsp3) is 0. The van der Waals surface area contributed by atoms with Gasteiger partial charge in [0.1, 0.15) is 0 Å². The minimum Gasteiger partial charge on any atom is -0.270 e. The maximum absolute atomic E-state index is 10.6. The molecule has 0 amide bonds. The Balaban J connectivity index is 3.79. The van der Waals surface area contributed by atoms with Gasteiger partial charge in [-0.25, -0.2) is 4.57 Å². The molecule has 0 aliphatic heterocycles. The van der Waals surface area contributed by atoms with E-state index in [2.05, 4.69) is 12.9 Å². The van der Waals surface area contributed by atoms with Crippen LogP contribution >= 0.6 is 36.2 Å². The summed E-state index contributed by atoms with van der Waals surface area (Å²) in [5.41, 5.74) is 0. The molecular weight excluding hydrogens is 188 g/mol. The van der Waals surface area contributed by atoms with Gasteiger partial charge in [-0.3, -0.25) is 12.9 Å². The minimum absolute atomic E-state index is 1.77. The number of hydrogen-bond acceptors (Lipinski definition) is 4. The first-order valence-corrected chi connectivity index (χ1v) is 4.31. The molecule has 0 N–H and O–H groups in total. The average molecular weight is 194 g/mol. The van der Waals surface area contributed by atoms with Crippen LogP contribution in [-0.2, 0) is 17.5 Å². The predicted octanol–water partition coefficient (Wildman–Crippen LogP) is 1.51. The van der Waals surface area contributed by atoms with Crippen molar-refractivity contribution in [2.75, 3.05) is 0 Å². The molecule has 3 atom stereocenters. The Hall–Kier alpha value is 1.40. The van der Waals surface area contributed by atoms with Gasteiger partial charge in [0.15, 0.2) is 0 Å². The molecule has 50 valence electrons. The van der Waals surface area contributed by atoms with Crippen molar-refractivity contribution < 1.29 is 17.5 Å². The van der Waals surface area contributed by atoms with Gasteiger partial charge in [-0.15, -0.1) is 0 Å². The van der Waals surface area contributed by atoms with Crippen molar-refractivity contribution in [3.8, 4) is 0 Å². The molecule has 0 fully saturated rings. The van der Waals surface area contributed by atoms with Crippen LogP contribution in [0.15, 0.2) is 0 Å². The molecule has 0 aromatic heterocycles.